The summed E-state index contributed by atoms with van der Waals surface area (Å²) in [6.45, 7) is 5.83. The van der Waals surface area contributed by atoms with E-state index < -0.39 is 24.3 Å². The Hall–Kier alpha value is -3.10. The molecular weight excluding hydrogens is 478 g/mol. The van der Waals surface area contributed by atoms with Crippen LogP contribution in [0.5, 0.6) is 0 Å². The van der Waals surface area contributed by atoms with Crippen LogP contribution in [0.4, 0.5) is 32.2 Å². The van der Waals surface area contributed by atoms with Crippen LogP contribution in [0.25, 0.3) is 0 Å². The number of anilines is 1. The smallest absolute Gasteiger partial charge is 0.475 e. The number of carbonyl (C=O) groups excluding carboxylic acids is 1. The fraction of sp³-hybridized carbons (Fsp3) is 0.579. The molecule has 9 nitrogen and oxygen atoms in total. The minimum absolute atomic E-state index is 0.0452. The van der Waals surface area contributed by atoms with Crippen LogP contribution in [0.1, 0.15) is 35.5 Å². The van der Waals surface area contributed by atoms with Gasteiger partial charge in [0.05, 0.1) is 5.56 Å². The SMILES string of the molecule is CC(C)NC(=O)c1cc2c(nc1N(C)C)CCNCC2.O=C(O)C(F)(F)F.O=C(O)C(F)(F)F. The summed E-state index contributed by atoms with van der Waals surface area (Å²) in [7, 11) is 3.85. The Labute approximate surface area is 191 Å². The highest BCUT2D eigenvalue weighted by molar-refractivity contribution is 5.99. The predicted molar refractivity (Wildman–Crippen MR) is 109 cm³/mol. The first-order valence-electron chi connectivity index (χ1n) is 9.69. The van der Waals surface area contributed by atoms with E-state index >= 15 is 0 Å². The number of fused-ring (bicyclic) bond motifs is 1. The minimum atomic E-state index is -5.08. The third-order valence-corrected chi connectivity index (χ3v) is 3.85. The lowest BCUT2D eigenvalue weighted by Crippen LogP contribution is -2.32. The molecule has 0 aliphatic carbocycles. The monoisotopic (exact) mass is 504 g/mol. The molecule has 1 aliphatic rings. The first-order valence-corrected chi connectivity index (χ1v) is 9.69. The summed E-state index contributed by atoms with van der Waals surface area (Å²) in [4.78, 5) is 36.8. The topological polar surface area (TPSA) is 132 Å². The lowest BCUT2D eigenvalue weighted by atomic mass is 10.0. The molecule has 0 fully saturated rings. The van der Waals surface area contributed by atoms with Crippen LogP contribution in [0.15, 0.2) is 6.07 Å². The van der Waals surface area contributed by atoms with E-state index in [-0.39, 0.29) is 11.9 Å². The highest BCUT2D eigenvalue weighted by atomic mass is 19.4. The van der Waals surface area contributed by atoms with Crippen molar-refractivity contribution in [1.29, 1.82) is 0 Å². The van der Waals surface area contributed by atoms with E-state index in [1.54, 1.807) is 0 Å². The molecule has 0 atom stereocenters. The Morgan fingerprint density at radius 3 is 1.82 bits per heavy atom. The second-order valence-electron chi connectivity index (χ2n) is 7.34. The number of hydrogen-bond acceptors (Lipinski definition) is 6. The molecule has 1 aromatic heterocycles. The zero-order valence-electron chi connectivity index (χ0n) is 18.8. The molecule has 1 amide bonds. The van der Waals surface area contributed by atoms with Crippen molar-refractivity contribution < 1.29 is 50.9 Å². The molecule has 4 N–H and O–H groups in total. The first kappa shape index (κ1) is 30.9. The van der Waals surface area contributed by atoms with Gasteiger partial charge in [-0.2, -0.15) is 26.3 Å². The number of carboxylic acids is 2. The quantitative estimate of drug-likeness (QED) is 0.461. The Bertz CT molecular complexity index is 833. The molecule has 0 spiro atoms. The number of hydrogen-bond donors (Lipinski definition) is 4. The van der Waals surface area contributed by atoms with E-state index in [1.807, 2.05) is 38.9 Å². The summed E-state index contributed by atoms with van der Waals surface area (Å²) in [6.07, 6.45) is -8.32. The number of nitrogens with one attached hydrogen (secondary N) is 2. The molecule has 34 heavy (non-hydrogen) atoms. The van der Waals surface area contributed by atoms with Gasteiger partial charge in [0.2, 0.25) is 0 Å². The van der Waals surface area contributed by atoms with E-state index in [0.717, 1.165) is 37.4 Å². The van der Waals surface area contributed by atoms with Crippen LogP contribution >= 0.6 is 0 Å². The van der Waals surface area contributed by atoms with E-state index in [0.29, 0.717) is 5.56 Å². The summed E-state index contributed by atoms with van der Waals surface area (Å²) in [5, 5.41) is 20.6. The first-order chi connectivity index (χ1) is 15.4. The van der Waals surface area contributed by atoms with E-state index in [9.17, 15) is 31.1 Å². The Morgan fingerprint density at radius 1 is 1.00 bits per heavy atom. The molecule has 0 bridgehead atoms. The van der Waals surface area contributed by atoms with Gasteiger partial charge in [-0.15, -0.1) is 0 Å². The fourth-order valence-corrected chi connectivity index (χ4v) is 2.42. The molecule has 2 heterocycles. The van der Waals surface area contributed by atoms with Crippen LogP contribution in [0, 0.1) is 0 Å². The van der Waals surface area contributed by atoms with Gasteiger partial charge in [-0.25, -0.2) is 14.6 Å². The van der Waals surface area contributed by atoms with Crippen LogP contribution in [-0.2, 0) is 22.4 Å². The second kappa shape index (κ2) is 13.0. The molecule has 2 rings (SSSR count). The van der Waals surface area contributed by atoms with Gasteiger partial charge < -0.3 is 25.7 Å². The Kier molecular flexibility index (Phi) is 11.8. The van der Waals surface area contributed by atoms with Crippen molar-refractivity contribution in [3.63, 3.8) is 0 Å². The average Bonchev–Trinajstić information content (AvgIpc) is 2.90. The summed E-state index contributed by atoms with van der Waals surface area (Å²) >= 11 is 0. The zero-order valence-corrected chi connectivity index (χ0v) is 18.8. The number of carbonyl (C=O) groups is 3. The fourth-order valence-electron chi connectivity index (χ4n) is 2.42. The van der Waals surface area contributed by atoms with Crippen molar-refractivity contribution in [3.05, 3.63) is 22.9 Å². The minimum Gasteiger partial charge on any atom is -0.475 e. The predicted octanol–water partition coefficient (Wildman–Crippen LogP) is 2.24. The van der Waals surface area contributed by atoms with Crippen molar-refractivity contribution in [2.24, 2.45) is 0 Å². The normalized spacial score (nSPS) is 13.3. The summed E-state index contributed by atoms with van der Waals surface area (Å²) in [5.41, 5.74) is 2.97. The van der Waals surface area contributed by atoms with Crippen molar-refractivity contribution >= 4 is 23.7 Å². The molecule has 0 aromatic carbocycles. The summed E-state index contributed by atoms with van der Waals surface area (Å²) < 4.78 is 63.5. The Morgan fingerprint density at radius 2 is 1.44 bits per heavy atom. The van der Waals surface area contributed by atoms with Gasteiger partial charge in [0.1, 0.15) is 5.82 Å². The third-order valence-electron chi connectivity index (χ3n) is 3.85. The Balaban J connectivity index is 0.000000642. The van der Waals surface area contributed by atoms with Gasteiger partial charge in [0, 0.05) is 38.8 Å². The number of carboxylic acid groups (broad SMARTS) is 2. The van der Waals surface area contributed by atoms with E-state index in [2.05, 4.69) is 10.6 Å². The summed E-state index contributed by atoms with van der Waals surface area (Å²) in [5.74, 6) is -4.81. The van der Waals surface area contributed by atoms with Gasteiger partial charge in [-0.05, 0) is 38.4 Å². The van der Waals surface area contributed by atoms with Gasteiger partial charge in [0.25, 0.3) is 5.91 Å². The number of amides is 1. The zero-order chi connectivity index (χ0) is 26.9. The molecule has 1 aliphatic heterocycles. The lowest BCUT2D eigenvalue weighted by molar-refractivity contribution is -0.193. The maximum absolute atomic E-state index is 12.4. The standard InChI is InChI=1S/C15H24N4O.2C2HF3O2/c1-10(2)17-15(20)12-9-11-5-7-16-8-6-13(11)18-14(12)19(3)4;2*3-2(4,5)1(6)7/h9-10,16H,5-8H2,1-4H3,(H,17,20);2*(H,6,7). The third kappa shape index (κ3) is 11.2. The highest BCUT2D eigenvalue weighted by Crippen LogP contribution is 2.22. The average molecular weight is 504 g/mol. The number of rotatable bonds is 3. The number of nitrogens with zero attached hydrogens (tertiary/aromatic N) is 2. The number of aliphatic carboxylic acids is 2. The van der Waals surface area contributed by atoms with Gasteiger partial charge in [-0.3, -0.25) is 4.79 Å². The highest BCUT2D eigenvalue weighted by Gasteiger charge is 2.38. The maximum atomic E-state index is 12.4. The van der Waals surface area contributed by atoms with Crippen LogP contribution < -0.4 is 15.5 Å². The molecule has 0 unspecified atom stereocenters. The molecular formula is C19H26F6N4O5. The van der Waals surface area contributed by atoms with Crippen molar-refractivity contribution in [1.82, 2.24) is 15.6 Å². The van der Waals surface area contributed by atoms with E-state index in [4.69, 9.17) is 24.8 Å². The van der Waals surface area contributed by atoms with Gasteiger partial charge in [-0.1, -0.05) is 0 Å². The molecule has 0 saturated carbocycles. The molecule has 0 saturated heterocycles. The van der Waals surface area contributed by atoms with Gasteiger partial charge >= 0.3 is 24.3 Å². The number of pyridine rings is 1. The van der Waals surface area contributed by atoms with Crippen molar-refractivity contribution in [3.8, 4) is 0 Å². The molecule has 194 valence electrons. The maximum Gasteiger partial charge on any atom is 0.490 e. The number of aromatic nitrogens is 1. The second-order valence-corrected chi connectivity index (χ2v) is 7.34. The summed E-state index contributed by atoms with van der Waals surface area (Å²) in [6, 6.07) is 2.14. The van der Waals surface area contributed by atoms with Gasteiger partial charge in [0.15, 0.2) is 0 Å². The van der Waals surface area contributed by atoms with Crippen LogP contribution in [0.2, 0.25) is 0 Å². The number of halogens is 6. The van der Waals surface area contributed by atoms with Crippen LogP contribution in [0.3, 0.4) is 0 Å². The molecule has 1 aromatic rings. The largest absolute Gasteiger partial charge is 0.490 e. The molecule has 0 radical (unpaired) electrons. The molecule has 15 heteroatoms. The van der Waals surface area contributed by atoms with Crippen LogP contribution in [-0.4, -0.2) is 78.6 Å². The van der Waals surface area contributed by atoms with Crippen molar-refractivity contribution in [2.75, 3.05) is 32.1 Å². The van der Waals surface area contributed by atoms with E-state index in [1.165, 1.54) is 5.56 Å². The number of alkyl halides is 6. The lowest BCUT2D eigenvalue weighted by Gasteiger charge is -2.19. The van der Waals surface area contributed by atoms with Crippen molar-refractivity contribution in [2.45, 2.75) is 45.1 Å².